The van der Waals surface area contributed by atoms with E-state index in [1.165, 1.54) is 4.80 Å². The van der Waals surface area contributed by atoms with Crippen LogP contribution in [-0.4, -0.2) is 34.7 Å². The molecule has 2 unspecified atom stereocenters. The molecule has 3 aromatic heterocycles. The second-order valence-electron chi connectivity index (χ2n) is 5.97. The van der Waals surface area contributed by atoms with Crippen molar-refractivity contribution in [2.45, 2.75) is 38.1 Å². The van der Waals surface area contributed by atoms with Crippen LogP contribution in [-0.2, 0) is 7.05 Å². The van der Waals surface area contributed by atoms with Crippen LogP contribution >= 0.6 is 23.2 Å². The first-order valence-corrected chi connectivity index (χ1v) is 8.22. The van der Waals surface area contributed by atoms with E-state index in [0.717, 1.165) is 36.3 Å². The molecule has 1 aliphatic carbocycles. The number of rotatable bonds is 2. The van der Waals surface area contributed by atoms with Crippen LogP contribution in [0.1, 0.15) is 42.6 Å². The highest BCUT2D eigenvalue weighted by Gasteiger charge is 2.31. The zero-order chi connectivity index (χ0) is 16.1. The quantitative estimate of drug-likeness (QED) is 0.663. The highest BCUT2D eigenvalue weighted by Crippen LogP contribution is 2.41. The number of aryl methyl sites for hydroxylation is 1. The Morgan fingerprint density at radius 2 is 2.09 bits per heavy atom. The van der Waals surface area contributed by atoms with E-state index in [0.29, 0.717) is 21.6 Å². The summed E-state index contributed by atoms with van der Waals surface area (Å²) in [5.41, 5.74) is 2.21. The van der Waals surface area contributed by atoms with E-state index in [-0.39, 0.29) is 6.04 Å². The van der Waals surface area contributed by atoms with Crippen molar-refractivity contribution in [1.82, 2.24) is 34.7 Å². The van der Waals surface area contributed by atoms with Gasteiger partial charge in [0.25, 0.3) is 0 Å². The number of pyridine rings is 1. The van der Waals surface area contributed by atoms with Gasteiger partial charge in [0, 0.05) is 17.5 Å². The molecule has 0 N–H and O–H groups in total. The Labute approximate surface area is 142 Å². The molecule has 0 saturated heterocycles. The van der Waals surface area contributed by atoms with E-state index in [2.05, 4.69) is 29.9 Å². The number of fused-ring (bicyclic) bond motifs is 1. The van der Waals surface area contributed by atoms with Crippen molar-refractivity contribution in [2.24, 2.45) is 7.05 Å². The fourth-order valence-electron chi connectivity index (χ4n) is 3.24. The van der Waals surface area contributed by atoms with E-state index < -0.39 is 0 Å². The van der Waals surface area contributed by atoms with Crippen molar-refractivity contribution in [3.05, 3.63) is 27.9 Å². The predicted octanol–water partition coefficient (Wildman–Crippen LogP) is 3.08. The number of hydrogen-bond acceptors (Lipinski definition) is 5. The molecular weight excluding hydrogens is 337 g/mol. The van der Waals surface area contributed by atoms with Crippen LogP contribution in [0.5, 0.6) is 0 Å². The summed E-state index contributed by atoms with van der Waals surface area (Å²) in [4.78, 5) is 10.4. The molecule has 23 heavy (non-hydrogen) atoms. The summed E-state index contributed by atoms with van der Waals surface area (Å²) in [6, 6.07) is 0.288. The van der Waals surface area contributed by atoms with Crippen LogP contribution in [0.15, 0.2) is 6.33 Å². The fraction of sp³-hybridized carbons (Fsp3) is 0.500. The lowest BCUT2D eigenvalue weighted by molar-refractivity contribution is 0.515. The van der Waals surface area contributed by atoms with Crippen LogP contribution in [0, 0.1) is 6.92 Å². The summed E-state index contributed by atoms with van der Waals surface area (Å²) in [6.45, 7) is 1.85. The molecule has 0 amide bonds. The number of nitrogens with zero attached hydrogens (tertiary/aromatic N) is 7. The van der Waals surface area contributed by atoms with Gasteiger partial charge in [0.05, 0.1) is 18.4 Å². The predicted molar refractivity (Wildman–Crippen MR) is 86.7 cm³/mol. The van der Waals surface area contributed by atoms with Crippen LogP contribution in [0.4, 0.5) is 0 Å². The Kier molecular flexibility index (Phi) is 3.50. The largest absolute Gasteiger partial charge is 0.312 e. The van der Waals surface area contributed by atoms with Crippen molar-refractivity contribution in [3.63, 3.8) is 0 Å². The smallest absolute Gasteiger partial charge is 0.177 e. The monoisotopic (exact) mass is 351 g/mol. The molecule has 0 aromatic carbocycles. The second-order valence-corrected chi connectivity index (χ2v) is 6.70. The van der Waals surface area contributed by atoms with Crippen LogP contribution in [0.2, 0.25) is 10.2 Å². The first kappa shape index (κ1) is 14.8. The average molecular weight is 352 g/mol. The Hall–Kier alpha value is -1.73. The van der Waals surface area contributed by atoms with Crippen LogP contribution in [0.25, 0.3) is 11.2 Å². The van der Waals surface area contributed by atoms with Gasteiger partial charge in [0.15, 0.2) is 11.5 Å². The van der Waals surface area contributed by atoms with Gasteiger partial charge in [-0.15, -0.1) is 10.2 Å². The molecule has 1 saturated carbocycles. The van der Waals surface area contributed by atoms with Gasteiger partial charge in [-0.3, -0.25) is 0 Å². The van der Waals surface area contributed by atoms with Gasteiger partial charge in [-0.25, -0.2) is 9.97 Å². The normalized spacial score (nSPS) is 21.4. The third-order valence-corrected chi connectivity index (χ3v) is 5.34. The number of imidazole rings is 1. The molecule has 120 valence electrons. The molecule has 0 spiro atoms. The fourth-order valence-corrected chi connectivity index (χ4v) is 3.69. The number of tetrazole rings is 1. The maximum absolute atomic E-state index is 6.35. The molecule has 1 fully saturated rings. The van der Waals surface area contributed by atoms with Gasteiger partial charge >= 0.3 is 0 Å². The molecule has 0 bridgehead atoms. The maximum atomic E-state index is 6.35. The Morgan fingerprint density at radius 3 is 2.83 bits per heavy atom. The molecule has 1 aliphatic rings. The zero-order valence-electron chi connectivity index (χ0n) is 12.7. The molecule has 0 radical (unpaired) electrons. The molecule has 3 aromatic rings. The first-order chi connectivity index (χ1) is 11.0. The Balaban J connectivity index is 1.68. The second kappa shape index (κ2) is 5.42. The summed E-state index contributed by atoms with van der Waals surface area (Å²) in [5, 5.41) is 13.4. The van der Waals surface area contributed by atoms with E-state index in [4.69, 9.17) is 23.2 Å². The first-order valence-electron chi connectivity index (χ1n) is 7.46. The number of aromatic nitrogens is 7. The standard InChI is InChI=1S/C14H15Cl2N7/c1-7-10(15)11-14(18-12(7)16)23(6-17-11)9-4-3-8(5-9)13-19-21-22(2)20-13/h6,8-9H,3-5H2,1-2H3. The lowest BCUT2D eigenvalue weighted by Crippen LogP contribution is -2.06. The molecule has 9 heteroatoms. The Bertz CT molecular complexity index is 885. The lowest BCUT2D eigenvalue weighted by atomic mass is 10.1. The van der Waals surface area contributed by atoms with E-state index in [1.807, 2.05) is 6.92 Å². The van der Waals surface area contributed by atoms with E-state index in [1.54, 1.807) is 13.4 Å². The SMILES string of the molecule is Cc1c(Cl)nc2c(ncn2C2CCC(c3nnn(C)n3)C2)c1Cl. The molecule has 0 aliphatic heterocycles. The third-order valence-electron chi connectivity index (χ3n) is 4.51. The van der Waals surface area contributed by atoms with Crippen molar-refractivity contribution >= 4 is 34.4 Å². The van der Waals surface area contributed by atoms with Gasteiger partial charge in [0.2, 0.25) is 0 Å². The summed E-state index contributed by atoms with van der Waals surface area (Å²) < 4.78 is 2.07. The molecule has 2 atom stereocenters. The minimum atomic E-state index is 0.288. The highest BCUT2D eigenvalue weighted by molar-refractivity contribution is 6.38. The van der Waals surface area contributed by atoms with Gasteiger partial charge < -0.3 is 4.57 Å². The Morgan fingerprint density at radius 1 is 1.26 bits per heavy atom. The van der Waals surface area contributed by atoms with Gasteiger partial charge in [-0.2, -0.15) is 4.80 Å². The number of hydrogen-bond donors (Lipinski definition) is 0. The third kappa shape index (κ3) is 2.38. The molecular formula is C14H15Cl2N7. The van der Waals surface area contributed by atoms with Gasteiger partial charge in [-0.05, 0) is 31.4 Å². The average Bonchev–Trinajstić information content (AvgIpc) is 3.23. The van der Waals surface area contributed by atoms with E-state index in [9.17, 15) is 0 Å². The van der Waals surface area contributed by atoms with Gasteiger partial charge in [-0.1, -0.05) is 23.2 Å². The molecule has 3 heterocycles. The van der Waals surface area contributed by atoms with Crippen molar-refractivity contribution in [3.8, 4) is 0 Å². The summed E-state index contributed by atoms with van der Waals surface area (Å²) in [6.07, 6.45) is 4.76. The maximum Gasteiger partial charge on any atom is 0.177 e. The topological polar surface area (TPSA) is 74.3 Å². The van der Waals surface area contributed by atoms with E-state index >= 15 is 0 Å². The minimum Gasteiger partial charge on any atom is -0.312 e. The molecule has 4 rings (SSSR count). The lowest BCUT2D eigenvalue weighted by Gasteiger charge is -2.13. The van der Waals surface area contributed by atoms with Crippen LogP contribution < -0.4 is 0 Å². The summed E-state index contributed by atoms with van der Waals surface area (Å²) in [5.74, 6) is 1.11. The van der Waals surface area contributed by atoms with Crippen LogP contribution in [0.3, 0.4) is 0 Å². The molecule has 7 nitrogen and oxygen atoms in total. The van der Waals surface area contributed by atoms with Crippen molar-refractivity contribution in [1.29, 1.82) is 0 Å². The zero-order valence-corrected chi connectivity index (χ0v) is 14.3. The van der Waals surface area contributed by atoms with Gasteiger partial charge in [0.1, 0.15) is 10.7 Å². The minimum absolute atomic E-state index is 0.288. The van der Waals surface area contributed by atoms with Crippen molar-refractivity contribution < 1.29 is 0 Å². The van der Waals surface area contributed by atoms with Crippen molar-refractivity contribution in [2.75, 3.05) is 0 Å². The number of halogens is 2. The summed E-state index contributed by atoms with van der Waals surface area (Å²) >= 11 is 12.5. The highest BCUT2D eigenvalue weighted by atomic mass is 35.5. The summed E-state index contributed by atoms with van der Waals surface area (Å²) in [7, 11) is 1.78.